The highest BCUT2D eigenvalue weighted by atomic mass is 35.5. The van der Waals surface area contributed by atoms with E-state index in [0.717, 1.165) is 0 Å². The minimum atomic E-state index is -0.702. The molecule has 2 rings (SSSR count). The van der Waals surface area contributed by atoms with Gasteiger partial charge < -0.3 is 4.84 Å². The van der Waals surface area contributed by atoms with E-state index in [4.69, 9.17) is 28.0 Å². The van der Waals surface area contributed by atoms with Crippen molar-refractivity contribution in [3.63, 3.8) is 0 Å². The van der Waals surface area contributed by atoms with E-state index in [1.54, 1.807) is 18.2 Å². The van der Waals surface area contributed by atoms with Crippen molar-refractivity contribution in [3.8, 4) is 0 Å². The number of rotatable bonds is 3. The van der Waals surface area contributed by atoms with E-state index in [1.165, 1.54) is 7.11 Å². The predicted octanol–water partition coefficient (Wildman–Crippen LogP) is 2.16. The minimum absolute atomic E-state index is 0.330. The summed E-state index contributed by atoms with van der Waals surface area (Å²) < 4.78 is 0. The number of hydroxylamine groups is 1. The molecule has 1 aliphatic heterocycles. The normalized spacial score (nSPS) is 18.2. The second kappa shape index (κ2) is 5.56. The number of nitrogens with one attached hydrogen (secondary N) is 1. The summed E-state index contributed by atoms with van der Waals surface area (Å²) in [4.78, 5) is 21.0. The molecule has 0 bridgehead atoms. The monoisotopic (exact) mass is 288 g/mol. The third-order valence-electron chi connectivity index (χ3n) is 2.41. The zero-order chi connectivity index (χ0) is 13.1. The Kier molecular flexibility index (Phi) is 4.06. The number of carbonyl (C=O) groups excluding carboxylic acids is 1. The van der Waals surface area contributed by atoms with Crippen LogP contribution in [0.4, 0.5) is 0 Å². The van der Waals surface area contributed by atoms with Gasteiger partial charge >= 0.3 is 0 Å². The fourth-order valence-electron chi connectivity index (χ4n) is 1.57. The Morgan fingerprint density at radius 3 is 3.00 bits per heavy atom. The standard InChI is InChI=1S/C11H10Cl2N2O3/c1-17-15-11(16)10-5-9(14-18-10)7-3-2-6(12)4-8(7)13/h2-4,10H,5H2,1H3,(H,15,16)/t10-/m1/s1. The molecule has 0 fully saturated rings. The summed E-state index contributed by atoms with van der Waals surface area (Å²) in [6.45, 7) is 0. The number of halogens is 2. The maximum absolute atomic E-state index is 11.5. The van der Waals surface area contributed by atoms with Crippen LogP contribution in [0.15, 0.2) is 23.4 Å². The SMILES string of the molecule is CONC(=O)[C@H]1CC(c2ccc(Cl)cc2Cl)=NO1. The summed E-state index contributed by atoms with van der Waals surface area (Å²) in [5, 5.41) is 4.86. The van der Waals surface area contributed by atoms with Crippen molar-refractivity contribution in [2.75, 3.05) is 7.11 Å². The van der Waals surface area contributed by atoms with Gasteiger partial charge in [-0.25, -0.2) is 5.48 Å². The summed E-state index contributed by atoms with van der Waals surface area (Å²) >= 11 is 11.9. The second-order valence-corrected chi connectivity index (χ2v) is 4.47. The third-order valence-corrected chi connectivity index (χ3v) is 2.95. The van der Waals surface area contributed by atoms with Crippen LogP contribution in [0.5, 0.6) is 0 Å². The molecule has 1 atom stereocenters. The summed E-state index contributed by atoms with van der Waals surface area (Å²) in [5.41, 5.74) is 3.50. The van der Waals surface area contributed by atoms with Crippen molar-refractivity contribution >= 4 is 34.8 Å². The molecule has 1 aromatic carbocycles. The third kappa shape index (κ3) is 2.75. The van der Waals surface area contributed by atoms with Crippen LogP contribution in [0.25, 0.3) is 0 Å². The first-order valence-corrected chi connectivity index (χ1v) is 5.88. The van der Waals surface area contributed by atoms with Gasteiger partial charge in [-0.1, -0.05) is 34.4 Å². The largest absolute Gasteiger partial charge is 0.382 e. The zero-order valence-electron chi connectivity index (χ0n) is 9.44. The van der Waals surface area contributed by atoms with Gasteiger partial charge in [-0.2, -0.15) is 0 Å². The number of hydrogen-bond donors (Lipinski definition) is 1. The molecule has 1 N–H and O–H groups in total. The topological polar surface area (TPSA) is 59.9 Å². The summed E-state index contributed by atoms with van der Waals surface area (Å²) in [5.74, 6) is -0.388. The lowest BCUT2D eigenvalue weighted by Crippen LogP contribution is -2.33. The first-order chi connectivity index (χ1) is 8.61. The summed E-state index contributed by atoms with van der Waals surface area (Å²) in [6, 6.07) is 5.06. The minimum Gasteiger partial charge on any atom is -0.382 e. The Morgan fingerprint density at radius 2 is 2.33 bits per heavy atom. The molecule has 0 spiro atoms. The molecule has 1 aromatic rings. The van der Waals surface area contributed by atoms with Crippen molar-refractivity contribution in [3.05, 3.63) is 33.8 Å². The molecule has 0 unspecified atom stereocenters. The average Bonchev–Trinajstić information content (AvgIpc) is 2.78. The smallest absolute Gasteiger partial charge is 0.287 e. The van der Waals surface area contributed by atoms with Crippen LogP contribution in [0.2, 0.25) is 10.0 Å². The lowest BCUT2D eigenvalue weighted by Gasteiger charge is -2.07. The van der Waals surface area contributed by atoms with Crippen LogP contribution in [-0.4, -0.2) is 24.8 Å². The molecule has 1 aliphatic rings. The molecular weight excluding hydrogens is 279 g/mol. The number of benzene rings is 1. The molecule has 5 nitrogen and oxygen atoms in total. The molecule has 1 amide bonds. The molecule has 1 heterocycles. The molecule has 7 heteroatoms. The Morgan fingerprint density at radius 1 is 1.56 bits per heavy atom. The molecule has 0 saturated heterocycles. The molecule has 96 valence electrons. The van der Waals surface area contributed by atoms with E-state index in [-0.39, 0.29) is 5.91 Å². The Balaban J connectivity index is 2.10. The highest BCUT2D eigenvalue weighted by Gasteiger charge is 2.29. The molecule has 0 radical (unpaired) electrons. The van der Waals surface area contributed by atoms with Crippen LogP contribution in [0, 0.1) is 0 Å². The van der Waals surface area contributed by atoms with Crippen molar-refractivity contribution in [2.45, 2.75) is 12.5 Å². The lowest BCUT2D eigenvalue weighted by atomic mass is 10.0. The highest BCUT2D eigenvalue weighted by molar-refractivity contribution is 6.37. The maximum atomic E-state index is 11.5. The Bertz CT molecular complexity index is 505. The van der Waals surface area contributed by atoms with Gasteiger partial charge in [0.05, 0.1) is 17.8 Å². The van der Waals surface area contributed by atoms with Gasteiger partial charge in [-0.15, -0.1) is 0 Å². The van der Waals surface area contributed by atoms with Gasteiger partial charge in [0.25, 0.3) is 5.91 Å². The number of carbonyl (C=O) groups is 1. The van der Waals surface area contributed by atoms with E-state index >= 15 is 0 Å². The fourth-order valence-corrected chi connectivity index (χ4v) is 2.08. The predicted molar refractivity (Wildman–Crippen MR) is 67.6 cm³/mol. The number of amides is 1. The van der Waals surface area contributed by atoms with E-state index in [1.807, 2.05) is 0 Å². The van der Waals surface area contributed by atoms with Crippen molar-refractivity contribution in [1.29, 1.82) is 0 Å². The van der Waals surface area contributed by atoms with Crippen molar-refractivity contribution in [2.24, 2.45) is 5.16 Å². The summed E-state index contributed by atoms with van der Waals surface area (Å²) in [6.07, 6.45) is -0.372. The van der Waals surface area contributed by atoms with Gasteiger partial charge in [-0.3, -0.25) is 9.63 Å². The number of nitrogens with zero attached hydrogens (tertiary/aromatic N) is 1. The molecule has 0 saturated carbocycles. The zero-order valence-corrected chi connectivity index (χ0v) is 11.0. The van der Waals surface area contributed by atoms with Crippen LogP contribution in [0.3, 0.4) is 0 Å². The average molecular weight is 289 g/mol. The van der Waals surface area contributed by atoms with Gasteiger partial charge in [0.15, 0.2) is 0 Å². The molecular formula is C11H10Cl2N2O3. The van der Waals surface area contributed by atoms with Crippen molar-refractivity contribution in [1.82, 2.24) is 5.48 Å². The van der Waals surface area contributed by atoms with E-state index in [9.17, 15) is 4.79 Å². The van der Waals surface area contributed by atoms with Crippen molar-refractivity contribution < 1.29 is 14.5 Å². The molecule has 0 aliphatic carbocycles. The summed E-state index contributed by atoms with van der Waals surface area (Å²) in [7, 11) is 1.35. The Hall–Kier alpha value is -1.30. The quantitative estimate of drug-likeness (QED) is 0.867. The van der Waals surface area contributed by atoms with E-state index in [0.29, 0.717) is 27.7 Å². The number of oxime groups is 1. The lowest BCUT2D eigenvalue weighted by molar-refractivity contribution is -0.141. The van der Waals surface area contributed by atoms with Gasteiger partial charge in [0.2, 0.25) is 6.10 Å². The van der Waals surface area contributed by atoms with Crippen LogP contribution in [0.1, 0.15) is 12.0 Å². The van der Waals surface area contributed by atoms with Gasteiger partial charge in [0.1, 0.15) is 0 Å². The fraction of sp³-hybridized carbons (Fsp3) is 0.273. The first kappa shape index (κ1) is 13.1. The van der Waals surface area contributed by atoms with Gasteiger partial charge in [-0.05, 0) is 12.1 Å². The maximum Gasteiger partial charge on any atom is 0.287 e. The molecule has 0 aromatic heterocycles. The van der Waals surface area contributed by atoms with Crippen LogP contribution >= 0.6 is 23.2 Å². The van der Waals surface area contributed by atoms with E-state index < -0.39 is 6.10 Å². The first-order valence-electron chi connectivity index (χ1n) is 5.12. The van der Waals surface area contributed by atoms with Gasteiger partial charge in [0, 0.05) is 17.0 Å². The second-order valence-electron chi connectivity index (χ2n) is 3.63. The highest BCUT2D eigenvalue weighted by Crippen LogP contribution is 2.25. The van der Waals surface area contributed by atoms with E-state index in [2.05, 4.69) is 15.5 Å². The Labute approximate surface area is 114 Å². The van der Waals surface area contributed by atoms with Crippen LogP contribution < -0.4 is 5.48 Å². The number of hydrogen-bond acceptors (Lipinski definition) is 4. The van der Waals surface area contributed by atoms with Crippen LogP contribution in [-0.2, 0) is 14.5 Å². The molecule has 18 heavy (non-hydrogen) atoms.